The minimum Gasteiger partial charge on any atom is -0.444 e. The molecule has 0 radical (unpaired) electrons. The SMILES string of the molecule is C#CCCNC(=O)CCC(NC(=O)OC(C)(C)C)C(=O)NCCC#C. The number of carbonyl (C=O) groups is 3. The number of carbonyl (C=O) groups excluding carboxylic acids is 3. The van der Waals surface area contributed by atoms with E-state index < -0.39 is 23.6 Å². The lowest BCUT2D eigenvalue weighted by molar-refractivity contribution is -0.124. The van der Waals surface area contributed by atoms with Gasteiger partial charge in [0, 0.05) is 32.4 Å². The summed E-state index contributed by atoms with van der Waals surface area (Å²) in [6, 6.07) is -0.897. The fourth-order valence-corrected chi connectivity index (χ4v) is 1.74. The van der Waals surface area contributed by atoms with Crippen molar-refractivity contribution < 1.29 is 19.1 Å². The number of nitrogens with one attached hydrogen (secondary N) is 3. The summed E-state index contributed by atoms with van der Waals surface area (Å²) < 4.78 is 5.15. The summed E-state index contributed by atoms with van der Waals surface area (Å²) in [5.41, 5.74) is -0.693. The molecule has 25 heavy (non-hydrogen) atoms. The first-order valence-electron chi connectivity index (χ1n) is 8.10. The molecule has 7 nitrogen and oxygen atoms in total. The topological polar surface area (TPSA) is 96.5 Å². The smallest absolute Gasteiger partial charge is 0.408 e. The molecular weight excluding hydrogens is 322 g/mol. The second-order valence-corrected chi connectivity index (χ2v) is 6.29. The van der Waals surface area contributed by atoms with Gasteiger partial charge in [0.1, 0.15) is 11.6 Å². The van der Waals surface area contributed by atoms with Crippen LogP contribution in [0.25, 0.3) is 0 Å². The van der Waals surface area contributed by atoms with Crippen molar-refractivity contribution in [1.29, 1.82) is 0 Å². The molecule has 0 aromatic carbocycles. The lowest BCUT2D eigenvalue weighted by Gasteiger charge is -2.23. The van der Waals surface area contributed by atoms with Gasteiger partial charge in [-0.05, 0) is 27.2 Å². The second-order valence-electron chi connectivity index (χ2n) is 6.29. The summed E-state index contributed by atoms with van der Waals surface area (Å²) >= 11 is 0. The molecule has 0 aliphatic rings. The van der Waals surface area contributed by atoms with E-state index in [0.29, 0.717) is 19.4 Å². The number of ether oxygens (including phenoxy) is 1. The van der Waals surface area contributed by atoms with Gasteiger partial charge >= 0.3 is 6.09 Å². The lowest BCUT2D eigenvalue weighted by atomic mass is 10.1. The summed E-state index contributed by atoms with van der Waals surface area (Å²) in [6.45, 7) is 5.80. The van der Waals surface area contributed by atoms with Crippen LogP contribution in [0.2, 0.25) is 0 Å². The highest BCUT2D eigenvalue weighted by atomic mass is 16.6. The second kappa shape index (κ2) is 11.8. The largest absolute Gasteiger partial charge is 0.444 e. The van der Waals surface area contributed by atoms with E-state index >= 15 is 0 Å². The van der Waals surface area contributed by atoms with Crippen LogP contribution < -0.4 is 16.0 Å². The number of rotatable bonds is 9. The maximum absolute atomic E-state index is 12.2. The first-order valence-corrected chi connectivity index (χ1v) is 8.10. The van der Waals surface area contributed by atoms with Crippen molar-refractivity contribution in [2.24, 2.45) is 0 Å². The van der Waals surface area contributed by atoms with Gasteiger partial charge in [0.15, 0.2) is 0 Å². The van der Waals surface area contributed by atoms with Crippen molar-refractivity contribution in [3.05, 3.63) is 0 Å². The van der Waals surface area contributed by atoms with Crippen LogP contribution in [0.4, 0.5) is 4.79 Å². The van der Waals surface area contributed by atoms with Crippen molar-refractivity contribution in [3.8, 4) is 24.7 Å². The number of alkyl carbamates (subject to hydrolysis) is 1. The van der Waals surface area contributed by atoms with Gasteiger partial charge in [-0.2, -0.15) is 0 Å². The molecule has 3 amide bonds. The molecule has 0 rings (SSSR count). The summed E-state index contributed by atoms with van der Waals surface area (Å²) in [4.78, 5) is 35.8. The fraction of sp³-hybridized carbons (Fsp3) is 0.611. The lowest BCUT2D eigenvalue weighted by Crippen LogP contribution is -2.48. The normalized spacial score (nSPS) is 11.4. The molecule has 0 bridgehead atoms. The molecule has 0 aliphatic heterocycles. The van der Waals surface area contributed by atoms with Crippen LogP contribution in [0.1, 0.15) is 46.5 Å². The van der Waals surface area contributed by atoms with E-state index in [4.69, 9.17) is 17.6 Å². The Balaban J connectivity index is 4.64. The molecule has 0 saturated carbocycles. The van der Waals surface area contributed by atoms with Gasteiger partial charge in [0.05, 0.1) is 0 Å². The molecule has 3 N–H and O–H groups in total. The monoisotopic (exact) mass is 349 g/mol. The van der Waals surface area contributed by atoms with E-state index in [0.717, 1.165) is 0 Å². The summed E-state index contributed by atoms with van der Waals surface area (Å²) in [6.07, 6.45) is 10.5. The third-order valence-electron chi connectivity index (χ3n) is 2.83. The third-order valence-corrected chi connectivity index (χ3v) is 2.83. The fourth-order valence-electron chi connectivity index (χ4n) is 1.74. The van der Waals surface area contributed by atoms with Gasteiger partial charge in [0.25, 0.3) is 0 Å². The van der Waals surface area contributed by atoms with Crippen LogP contribution in [0, 0.1) is 24.7 Å². The number of amides is 3. The van der Waals surface area contributed by atoms with E-state index in [2.05, 4.69) is 27.8 Å². The quantitative estimate of drug-likeness (QED) is 0.426. The summed E-state index contributed by atoms with van der Waals surface area (Å²) in [7, 11) is 0. The molecule has 0 aromatic rings. The highest BCUT2D eigenvalue weighted by Gasteiger charge is 2.24. The van der Waals surface area contributed by atoms with Crippen molar-refractivity contribution in [2.75, 3.05) is 13.1 Å². The van der Waals surface area contributed by atoms with E-state index in [1.807, 2.05) is 0 Å². The zero-order valence-corrected chi connectivity index (χ0v) is 15.1. The number of terminal acetylenes is 2. The molecule has 0 heterocycles. The van der Waals surface area contributed by atoms with Crippen molar-refractivity contribution in [3.63, 3.8) is 0 Å². The summed E-state index contributed by atoms with van der Waals surface area (Å²) in [5, 5.41) is 7.74. The average Bonchev–Trinajstić information content (AvgIpc) is 2.50. The molecule has 0 aliphatic carbocycles. The van der Waals surface area contributed by atoms with Gasteiger partial charge < -0.3 is 20.7 Å². The van der Waals surface area contributed by atoms with Crippen LogP contribution >= 0.6 is 0 Å². The van der Waals surface area contributed by atoms with E-state index in [1.165, 1.54) is 0 Å². The van der Waals surface area contributed by atoms with Crippen molar-refractivity contribution >= 4 is 17.9 Å². The van der Waals surface area contributed by atoms with Crippen molar-refractivity contribution in [2.45, 2.75) is 58.1 Å². The molecule has 138 valence electrons. The maximum Gasteiger partial charge on any atom is 0.408 e. The van der Waals surface area contributed by atoms with Gasteiger partial charge in [-0.3, -0.25) is 9.59 Å². The average molecular weight is 349 g/mol. The highest BCUT2D eigenvalue weighted by Crippen LogP contribution is 2.08. The highest BCUT2D eigenvalue weighted by molar-refractivity contribution is 5.86. The Labute approximate surface area is 149 Å². The van der Waals surface area contributed by atoms with Crippen LogP contribution in [0.3, 0.4) is 0 Å². The molecule has 1 unspecified atom stereocenters. The molecule has 0 saturated heterocycles. The van der Waals surface area contributed by atoms with E-state index in [1.54, 1.807) is 20.8 Å². The molecule has 0 fully saturated rings. The Hall–Kier alpha value is -2.67. The maximum atomic E-state index is 12.2. The number of hydrogen-bond donors (Lipinski definition) is 3. The first-order chi connectivity index (χ1) is 11.7. The third kappa shape index (κ3) is 12.4. The standard InChI is InChI=1S/C18H27N3O4/c1-6-8-12-19-15(22)11-10-14(16(23)20-13-9-7-2)21-17(24)25-18(3,4)5/h1-2,14H,8-13H2,3-5H3,(H,19,22)(H,20,23)(H,21,24). The Morgan fingerprint density at radius 1 is 1.04 bits per heavy atom. The molecule has 0 spiro atoms. The molecule has 1 atom stereocenters. The van der Waals surface area contributed by atoms with Gasteiger partial charge in [0.2, 0.25) is 11.8 Å². The number of hydrogen-bond acceptors (Lipinski definition) is 4. The Morgan fingerprint density at radius 2 is 1.60 bits per heavy atom. The Morgan fingerprint density at radius 3 is 2.12 bits per heavy atom. The van der Waals surface area contributed by atoms with Crippen LogP contribution in [-0.2, 0) is 14.3 Å². The minimum absolute atomic E-state index is 0.0631. The van der Waals surface area contributed by atoms with Gasteiger partial charge in [-0.15, -0.1) is 24.7 Å². The van der Waals surface area contributed by atoms with Gasteiger partial charge in [-0.1, -0.05) is 0 Å². The van der Waals surface area contributed by atoms with Crippen LogP contribution in [0.5, 0.6) is 0 Å². The van der Waals surface area contributed by atoms with Crippen LogP contribution in [0.15, 0.2) is 0 Å². The zero-order chi connectivity index (χ0) is 19.3. The Bertz CT molecular complexity index is 538. The zero-order valence-electron chi connectivity index (χ0n) is 15.1. The van der Waals surface area contributed by atoms with Crippen molar-refractivity contribution in [1.82, 2.24) is 16.0 Å². The van der Waals surface area contributed by atoms with Gasteiger partial charge in [-0.25, -0.2) is 4.79 Å². The predicted molar refractivity (Wildman–Crippen MR) is 95.3 cm³/mol. The van der Waals surface area contributed by atoms with E-state index in [9.17, 15) is 14.4 Å². The van der Waals surface area contributed by atoms with Crippen LogP contribution in [-0.4, -0.2) is 42.6 Å². The minimum atomic E-state index is -0.897. The predicted octanol–water partition coefficient (Wildman–Crippen LogP) is 0.939. The van der Waals surface area contributed by atoms with E-state index in [-0.39, 0.29) is 25.3 Å². The molecule has 7 heteroatoms. The first kappa shape index (κ1) is 22.3. The molecular formula is C18H27N3O4. The Kier molecular flexibility index (Phi) is 10.5. The summed E-state index contributed by atoms with van der Waals surface area (Å²) in [5.74, 6) is 4.15. The molecule has 0 aromatic heterocycles.